The number of amides is 3. The zero-order chi connectivity index (χ0) is 20.2. The Bertz CT molecular complexity index is 651. The maximum atomic E-state index is 11.9. The number of ether oxygens (including phenoxy) is 2. The Balaban J connectivity index is 2.36. The first-order valence-corrected chi connectivity index (χ1v) is 8.10. The van der Waals surface area contributed by atoms with Gasteiger partial charge in [0.1, 0.15) is 25.2 Å². The number of aliphatic hydroxyl groups excluding tert-OH is 1. The molecule has 0 radical (unpaired) electrons. The Hall–Kier alpha value is -3.14. The van der Waals surface area contributed by atoms with Crippen molar-refractivity contribution in [2.24, 2.45) is 0 Å². The van der Waals surface area contributed by atoms with Crippen molar-refractivity contribution in [2.75, 3.05) is 20.3 Å². The maximum absolute atomic E-state index is 11.9. The van der Waals surface area contributed by atoms with Gasteiger partial charge in [-0.25, -0.2) is 9.59 Å². The highest BCUT2D eigenvalue weighted by atomic mass is 16.5. The number of alkyl carbamates (subject to hydrolysis) is 1. The topological polar surface area (TPSA) is 143 Å². The zero-order valence-corrected chi connectivity index (χ0v) is 15.1. The molecular formula is C17H23N3O7. The lowest BCUT2D eigenvalue weighted by Gasteiger charge is -2.18. The number of aliphatic hydroxyl groups is 1. The van der Waals surface area contributed by atoms with Crippen molar-refractivity contribution in [1.82, 2.24) is 16.0 Å². The molecule has 0 heterocycles. The van der Waals surface area contributed by atoms with Crippen molar-refractivity contribution >= 4 is 23.9 Å². The Kier molecular flexibility index (Phi) is 9.30. The van der Waals surface area contributed by atoms with Gasteiger partial charge in [0.25, 0.3) is 0 Å². The fraction of sp³-hybridized carbons (Fsp3) is 0.412. The average Bonchev–Trinajstić information content (AvgIpc) is 2.68. The van der Waals surface area contributed by atoms with Crippen molar-refractivity contribution < 1.29 is 33.8 Å². The van der Waals surface area contributed by atoms with Gasteiger partial charge in [-0.05, 0) is 12.5 Å². The van der Waals surface area contributed by atoms with Crippen LogP contribution < -0.4 is 16.0 Å². The highest BCUT2D eigenvalue weighted by molar-refractivity contribution is 5.91. The van der Waals surface area contributed by atoms with Crippen LogP contribution in [0.5, 0.6) is 0 Å². The van der Waals surface area contributed by atoms with Gasteiger partial charge >= 0.3 is 12.1 Å². The first-order valence-electron chi connectivity index (χ1n) is 8.10. The van der Waals surface area contributed by atoms with Gasteiger partial charge in [0, 0.05) is 0 Å². The van der Waals surface area contributed by atoms with Crippen LogP contribution in [0.15, 0.2) is 30.3 Å². The quantitative estimate of drug-likeness (QED) is 0.405. The van der Waals surface area contributed by atoms with Crippen molar-refractivity contribution in [3.05, 3.63) is 35.9 Å². The first-order chi connectivity index (χ1) is 12.9. The number of carbonyl (C=O) groups excluding carboxylic acids is 4. The summed E-state index contributed by atoms with van der Waals surface area (Å²) in [6.45, 7) is 0.291. The first kappa shape index (κ1) is 21.9. The average molecular weight is 381 g/mol. The molecule has 10 heteroatoms. The lowest BCUT2D eigenvalue weighted by Crippen LogP contribution is -2.54. The lowest BCUT2D eigenvalue weighted by atomic mass is 10.2. The molecule has 0 fully saturated rings. The van der Waals surface area contributed by atoms with E-state index in [2.05, 4.69) is 20.7 Å². The van der Waals surface area contributed by atoms with E-state index < -0.39 is 49.1 Å². The summed E-state index contributed by atoms with van der Waals surface area (Å²) in [5.41, 5.74) is 0.786. The Morgan fingerprint density at radius 3 is 2.37 bits per heavy atom. The Labute approximate surface area is 156 Å². The van der Waals surface area contributed by atoms with E-state index in [1.54, 1.807) is 24.3 Å². The molecule has 1 rings (SSSR count). The highest BCUT2D eigenvalue weighted by Gasteiger charge is 2.24. The van der Waals surface area contributed by atoms with Crippen molar-refractivity contribution in [3.63, 3.8) is 0 Å². The maximum Gasteiger partial charge on any atom is 0.407 e. The number of carbonyl (C=O) groups is 4. The van der Waals surface area contributed by atoms with Gasteiger partial charge in [-0.2, -0.15) is 0 Å². The zero-order valence-electron chi connectivity index (χ0n) is 15.1. The number of nitrogens with one attached hydrogen (secondary N) is 3. The fourth-order valence-electron chi connectivity index (χ4n) is 1.92. The molecule has 27 heavy (non-hydrogen) atoms. The second-order valence-corrected chi connectivity index (χ2v) is 5.47. The molecule has 4 N–H and O–H groups in total. The molecule has 0 aromatic heterocycles. The van der Waals surface area contributed by atoms with E-state index in [1.165, 1.54) is 14.0 Å². The fourth-order valence-corrected chi connectivity index (χ4v) is 1.92. The molecule has 0 saturated carbocycles. The van der Waals surface area contributed by atoms with Gasteiger partial charge in [-0.15, -0.1) is 0 Å². The number of rotatable bonds is 9. The van der Waals surface area contributed by atoms with Gasteiger partial charge in [0.2, 0.25) is 11.8 Å². The van der Waals surface area contributed by atoms with Crippen molar-refractivity contribution in [2.45, 2.75) is 25.6 Å². The number of methoxy groups -OCH3 is 1. The van der Waals surface area contributed by atoms with Crippen LogP contribution >= 0.6 is 0 Å². The van der Waals surface area contributed by atoms with Crippen LogP contribution in [0, 0.1) is 0 Å². The smallest absolute Gasteiger partial charge is 0.407 e. The third-order valence-electron chi connectivity index (χ3n) is 3.35. The predicted molar refractivity (Wildman–Crippen MR) is 93.3 cm³/mol. The largest absolute Gasteiger partial charge is 0.467 e. The molecule has 0 aliphatic heterocycles. The van der Waals surface area contributed by atoms with E-state index in [-0.39, 0.29) is 6.61 Å². The van der Waals surface area contributed by atoms with Crippen molar-refractivity contribution in [3.8, 4) is 0 Å². The molecule has 0 aliphatic carbocycles. The van der Waals surface area contributed by atoms with Gasteiger partial charge in [-0.3, -0.25) is 9.59 Å². The highest BCUT2D eigenvalue weighted by Crippen LogP contribution is 2.00. The van der Waals surface area contributed by atoms with E-state index in [0.717, 1.165) is 5.56 Å². The SMILES string of the molecule is COC(=O)[C@H](C)NC(=O)[C@H](CO)NC(=O)CNC(=O)OCc1ccccc1. The van der Waals surface area contributed by atoms with Crippen LogP contribution in [0.4, 0.5) is 4.79 Å². The van der Waals surface area contributed by atoms with Crippen LogP contribution in [0.1, 0.15) is 12.5 Å². The van der Waals surface area contributed by atoms with Crippen LogP contribution in [-0.2, 0) is 30.5 Å². The second-order valence-electron chi connectivity index (χ2n) is 5.47. The summed E-state index contributed by atoms with van der Waals surface area (Å²) in [5.74, 6) is -2.16. The summed E-state index contributed by atoms with van der Waals surface area (Å²) < 4.78 is 9.40. The number of esters is 1. The minimum atomic E-state index is -1.29. The Morgan fingerprint density at radius 1 is 1.11 bits per heavy atom. The van der Waals surface area contributed by atoms with Crippen LogP contribution in [-0.4, -0.2) is 61.3 Å². The van der Waals surface area contributed by atoms with Crippen molar-refractivity contribution in [1.29, 1.82) is 0 Å². The molecule has 1 aromatic carbocycles. The van der Waals surface area contributed by atoms with Gasteiger partial charge in [-0.1, -0.05) is 30.3 Å². The number of hydrogen-bond donors (Lipinski definition) is 4. The van der Waals surface area contributed by atoms with E-state index >= 15 is 0 Å². The molecule has 10 nitrogen and oxygen atoms in total. The van der Waals surface area contributed by atoms with Crippen LogP contribution in [0.3, 0.4) is 0 Å². The molecule has 0 unspecified atom stereocenters. The van der Waals surface area contributed by atoms with Crippen LogP contribution in [0.25, 0.3) is 0 Å². The van der Waals surface area contributed by atoms with E-state index in [4.69, 9.17) is 4.74 Å². The van der Waals surface area contributed by atoms with E-state index in [9.17, 15) is 24.3 Å². The van der Waals surface area contributed by atoms with Gasteiger partial charge < -0.3 is 30.5 Å². The van der Waals surface area contributed by atoms with E-state index in [1.807, 2.05) is 6.07 Å². The Morgan fingerprint density at radius 2 is 1.78 bits per heavy atom. The molecule has 0 saturated heterocycles. The van der Waals surface area contributed by atoms with E-state index in [0.29, 0.717) is 0 Å². The minimum Gasteiger partial charge on any atom is -0.467 e. The summed E-state index contributed by atoms with van der Waals surface area (Å²) in [7, 11) is 1.17. The molecule has 2 atom stereocenters. The molecule has 0 aliphatic rings. The number of benzene rings is 1. The lowest BCUT2D eigenvalue weighted by molar-refractivity contribution is -0.145. The summed E-state index contributed by atoms with van der Waals surface area (Å²) in [6.07, 6.45) is -0.807. The predicted octanol–water partition coefficient (Wildman–Crippen LogP) is -0.932. The monoisotopic (exact) mass is 381 g/mol. The number of hydrogen-bond acceptors (Lipinski definition) is 7. The molecule has 148 valence electrons. The molecule has 0 bridgehead atoms. The summed E-state index contributed by atoms with van der Waals surface area (Å²) in [6, 6.07) is 6.75. The third kappa shape index (κ3) is 8.19. The molecule has 0 spiro atoms. The van der Waals surface area contributed by atoms with Gasteiger partial charge in [0.05, 0.1) is 13.7 Å². The third-order valence-corrected chi connectivity index (χ3v) is 3.35. The minimum absolute atomic E-state index is 0.0430. The summed E-state index contributed by atoms with van der Waals surface area (Å²) in [4.78, 5) is 46.6. The summed E-state index contributed by atoms with van der Waals surface area (Å²) in [5, 5.41) is 16.0. The molecule has 3 amide bonds. The summed E-state index contributed by atoms with van der Waals surface area (Å²) >= 11 is 0. The standard InChI is InChI=1S/C17H23N3O7/c1-11(16(24)26-2)19-15(23)13(9-21)20-14(22)8-18-17(25)27-10-12-6-4-3-5-7-12/h3-7,11,13,21H,8-10H2,1-2H3,(H,18,25)(H,19,23)(H,20,22)/t11-,13-/m0/s1. The molecule has 1 aromatic rings. The second kappa shape index (κ2) is 11.5. The normalized spacial score (nSPS) is 12.3. The van der Waals surface area contributed by atoms with Crippen LogP contribution in [0.2, 0.25) is 0 Å². The molecular weight excluding hydrogens is 358 g/mol. The van der Waals surface area contributed by atoms with Gasteiger partial charge in [0.15, 0.2) is 0 Å².